The van der Waals surface area contributed by atoms with E-state index in [9.17, 15) is 14.3 Å². The molecule has 0 amide bonds. The number of methoxy groups -OCH3 is 1. The molecule has 0 aliphatic carbocycles. The molecule has 1 atom stereocenters. The van der Waals surface area contributed by atoms with Crippen LogP contribution in [0.2, 0.25) is 0 Å². The lowest BCUT2D eigenvalue weighted by Gasteiger charge is -2.12. The molecular formula is C12H15FO3. The lowest BCUT2D eigenvalue weighted by atomic mass is 9.98. The summed E-state index contributed by atoms with van der Waals surface area (Å²) in [5.74, 6) is -1.10. The van der Waals surface area contributed by atoms with Gasteiger partial charge in [-0.2, -0.15) is 0 Å². The minimum Gasteiger partial charge on any atom is -0.467 e. The summed E-state index contributed by atoms with van der Waals surface area (Å²) in [6.45, 7) is 3.68. The number of carbonyl (C=O) groups excluding carboxylic acids is 1. The van der Waals surface area contributed by atoms with Gasteiger partial charge in [-0.1, -0.05) is 19.9 Å². The van der Waals surface area contributed by atoms with Gasteiger partial charge in [-0.15, -0.1) is 0 Å². The second-order valence-electron chi connectivity index (χ2n) is 3.86. The fourth-order valence-electron chi connectivity index (χ4n) is 1.42. The van der Waals surface area contributed by atoms with Crippen molar-refractivity contribution in [3.63, 3.8) is 0 Å². The fourth-order valence-corrected chi connectivity index (χ4v) is 1.42. The van der Waals surface area contributed by atoms with Crippen LogP contribution in [0.1, 0.15) is 37.0 Å². The van der Waals surface area contributed by atoms with Crippen LogP contribution in [0.25, 0.3) is 0 Å². The van der Waals surface area contributed by atoms with Crippen molar-refractivity contribution in [3.8, 4) is 0 Å². The molecule has 1 aromatic carbocycles. The van der Waals surface area contributed by atoms with E-state index in [4.69, 9.17) is 0 Å². The monoisotopic (exact) mass is 226 g/mol. The normalized spacial score (nSPS) is 12.6. The first kappa shape index (κ1) is 12.6. The highest BCUT2D eigenvalue weighted by atomic mass is 19.1. The van der Waals surface area contributed by atoms with Crippen LogP contribution in [0.3, 0.4) is 0 Å². The molecule has 16 heavy (non-hydrogen) atoms. The van der Waals surface area contributed by atoms with Gasteiger partial charge in [-0.3, -0.25) is 0 Å². The van der Waals surface area contributed by atoms with E-state index in [0.29, 0.717) is 11.1 Å². The standard InChI is InChI=1S/C12H15FO3/c1-7(2)9-6-8(4-5-10(9)13)11(14)12(15)16-3/h4-7,11,14H,1-3H3. The molecule has 0 radical (unpaired) electrons. The van der Waals surface area contributed by atoms with E-state index in [1.165, 1.54) is 25.3 Å². The zero-order chi connectivity index (χ0) is 12.3. The summed E-state index contributed by atoms with van der Waals surface area (Å²) in [5, 5.41) is 9.59. The molecule has 0 saturated carbocycles. The van der Waals surface area contributed by atoms with Crippen LogP contribution in [0, 0.1) is 5.82 Å². The van der Waals surface area contributed by atoms with Gasteiger partial charge in [0, 0.05) is 0 Å². The molecule has 1 N–H and O–H groups in total. The molecule has 1 rings (SSSR count). The molecule has 0 spiro atoms. The maximum atomic E-state index is 13.4. The largest absolute Gasteiger partial charge is 0.467 e. The lowest BCUT2D eigenvalue weighted by Crippen LogP contribution is -2.14. The summed E-state index contributed by atoms with van der Waals surface area (Å²) >= 11 is 0. The molecule has 0 aliphatic heterocycles. The summed E-state index contributed by atoms with van der Waals surface area (Å²) in [6, 6.07) is 4.11. The van der Waals surface area contributed by atoms with Crippen LogP contribution in [0.4, 0.5) is 4.39 Å². The molecule has 3 nitrogen and oxygen atoms in total. The summed E-state index contributed by atoms with van der Waals surface area (Å²) < 4.78 is 17.8. The van der Waals surface area contributed by atoms with Crippen LogP contribution in [0.15, 0.2) is 18.2 Å². The minimum absolute atomic E-state index is 0.00945. The van der Waals surface area contributed by atoms with E-state index in [0.717, 1.165) is 0 Å². The van der Waals surface area contributed by atoms with Crippen LogP contribution in [-0.2, 0) is 9.53 Å². The molecule has 88 valence electrons. The van der Waals surface area contributed by atoms with E-state index >= 15 is 0 Å². The fraction of sp³-hybridized carbons (Fsp3) is 0.417. The van der Waals surface area contributed by atoms with Crippen molar-refractivity contribution in [1.82, 2.24) is 0 Å². The second kappa shape index (κ2) is 5.07. The number of carbonyl (C=O) groups is 1. The maximum absolute atomic E-state index is 13.4. The number of hydrogen-bond acceptors (Lipinski definition) is 3. The Morgan fingerprint density at radius 3 is 2.56 bits per heavy atom. The molecule has 0 fully saturated rings. The average molecular weight is 226 g/mol. The van der Waals surface area contributed by atoms with Crippen molar-refractivity contribution in [2.24, 2.45) is 0 Å². The van der Waals surface area contributed by atoms with Gasteiger partial charge in [-0.25, -0.2) is 9.18 Å². The van der Waals surface area contributed by atoms with Crippen LogP contribution < -0.4 is 0 Å². The van der Waals surface area contributed by atoms with Crippen molar-refractivity contribution in [2.45, 2.75) is 25.9 Å². The quantitative estimate of drug-likeness (QED) is 0.803. The summed E-state index contributed by atoms with van der Waals surface area (Å²) in [5.41, 5.74) is 0.817. The Morgan fingerprint density at radius 2 is 2.06 bits per heavy atom. The summed E-state index contributed by atoms with van der Waals surface area (Å²) in [7, 11) is 1.19. The topological polar surface area (TPSA) is 46.5 Å². The Balaban J connectivity index is 3.07. The zero-order valence-corrected chi connectivity index (χ0v) is 9.53. The van der Waals surface area contributed by atoms with E-state index in [1.54, 1.807) is 0 Å². The average Bonchev–Trinajstić information content (AvgIpc) is 2.27. The molecule has 0 saturated heterocycles. The molecule has 4 heteroatoms. The SMILES string of the molecule is COC(=O)C(O)c1ccc(F)c(C(C)C)c1. The predicted octanol–water partition coefficient (Wildman–Crippen LogP) is 2.16. The molecule has 0 heterocycles. The Hall–Kier alpha value is -1.42. The summed E-state index contributed by atoms with van der Waals surface area (Å²) in [4.78, 5) is 11.1. The van der Waals surface area contributed by atoms with E-state index in [2.05, 4.69) is 4.74 Å². The number of benzene rings is 1. The van der Waals surface area contributed by atoms with Crippen LogP contribution in [0.5, 0.6) is 0 Å². The number of aliphatic hydroxyl groups is 1. The lowest BCUT2D eigenvalue weighted by molar-refractivity contribution is -0.150. The number of rotatable bonds is 3. The molecule has 0 bridgehead atoms. The predicted molar refractivity (Wildman–Crippen MR) is 57.5 cm³/mol. The third kappa shape index (κ3) is 2.58. The maximum Gasteiger partial charge on any atom is 0.339 e. The van der Waals surface area contributed by atoms with Crippen molar-refractivity contribution in [1.29, 1.82) is 0 Å². The van der Waals surface area contributed by atoms with E-state index < -0.39 is 12.1 Å². The second-order valence-corrected chi connectivity index (χ2v) is 3.86. The van der Waals surface area contributed by atoms with E-state index in [1.807, 2.05) is 13.8 Å². The molecule has 1 unspecified atom stereocenters. The van der Waals surface area contributed by atoms with Crippen molar-refractivity contribution >= 4 is 5.97 Å². The summed E-state index contributed by atoms with van der Waals surface area (Å²) in [6.07, 6.45) is -1.36. The minimum atomic E-state index is -1.36. The first-order valence-corrected chi connectivity index (χ1v) is 5.02. The molecule has 0 aromatic heterocycles. The van der Waals surface area contributed by atoms with Gasteiger partial charge < -0.3 is 9.84 Å². The first-order chi connectivity index (χ1) is 7.47. The van der Waals surface area contributed by atoms with Crippen molar-refractivity contribution in [2.75, 3.05) is 7.11 Å². The molecule has 1 aromatic rings. The highest BCUT2D eigenvalue weighted by Crippen LogP contribution is 2.23. The number of aliphatic hydroxyl groups excluding tert-OH is 1. The van der Waals surface area contributed by atoms with Crippen LogP contribution >= 0.6 is 0 Å². The third-order valence-electron chi connectivity index (χ3n) is 2.38. The smallest absolute Gasteiger partial charge is 0.339 e. The van der Waals surface area contributed by atoms with Crippen LogP contribution in [-0.4, -0.2) is 18.2 Å². The zero-order valence-electron chi connectivity index (χ0n) is 9.53. The Bertz CT molecular complexity index is 388. The van der Waals surface area contributed by atoms with Gasteiger partial charge >= 0.3 is 5.97 Å². The van der Waals surface area contributed by atoms with Crippen molar-refractivity contribution < 1.29 is 19.0 Å². The van der Waals surface area contributed by atoms with Gasteiger partial charge in [0.25, 0.3) is 0 Å². The van der Waals surface area contributed by atoms with Gasteiger partial charge in [0.1, 0.15) is 5.82 Å². The number of halogens is 1. The Kier molecular flexibility index (Phi) is 4.01. The first-order valence-electron chi connectivity index (χ1n) is 5.02. The van der Waals surface area contributed by atoms with Gasteiger partial charge in [-0.05, 0) is 29.2 Å². The van der Waals surface area contributed by atoms with Gasteiger partial charge in [0.15, 0.2) is 6.10 Å². The number of hydrogen-bond donors (Lipinski definition) is 1. The Labute approximate surface area is 93.9 Å². The Morgan fingerprint density at radius 1 is 1.44 bits per heavy atom. The van der Waals surface area contributed by atoms with Gasteiger partial charge in [0.2, 0.25) is 0 Å². The molecular weight excluding hydrogens is 211 g/mol. The highest BCUT2D eigenvalue weighted by Gasteiger charge is 2.19. The molecule has 0 aliphatic rings. The number of esters is 1. The number of ether oxygens (including phenoxy) is 1. The third-order valence-corrected chi connectivity index (χ3v) is 2.38. The van der Waals surface area contributed by atoms with E-state index in [-0.39, 0.29) is 11.7 Å². The highest BCUT2D eigenvalue weighted by molar-refractivity contribution is 5.76. The van der Waals surface area contributed by atoms with Gasteiger partial charge in [0.05, 0.1) is 7.11 Å². The van der Waals surface area contributed by atoms with Crippen molar-refractivity contribution in [3.05, 3.63) is 35.1 Å².